The van der Waals surface area contributed by atoms with E-state index in [9.17, 15) is 4.79 Å². The Morgan fingerprint density at radius 2 is 2.32 bits per heavy atom. The summed E-state index contributed by atoms with van der Waals surface area (Å²) in [4.78, 5) is 11.5. The van der Waals surface area contributed by atoms with Gasteiger partial charge in [0.1, 0.15) is 0 Å². The minimum atomic E-state index is -0.195. The van der Waals surface area contributed by atoms with Crippen molar-refractivity contribution >= 4 is 11.8 Å². The lowest BCUT2D eigenvalue weighted by molar-refractivity contribution is 0.652. The van der Waals surface area contributed by atoms with Gasteiger partial charge in [-0.15, -0.1) is 5.10 Å². The van der Waals surface area contributed by atoms with Crippen LogP contribution in [0.25, 0.3) is 0 Å². The standard InChI is InChI=1S/C11H18N6OS/c1-4-17-10(18)14-15-11(17)19-9(7(2)12)8-5-13-16(3)6-8/h5-7,9H,4,12H2,1-3H3,(H,14,18). The Morgan fingerprint density at radius 1 is 1.58 bits per heavy atom. The summed E-state index contributed by atoms with van der Waals surface area (Å²) in [5, 5.41) is 11.3. The molecule has 3 N–H and O–H groups in total. The summed E-state index contributed by atoms with van der Waals surface area (Å²) in [7, 11) is 1.86. The third-order valence-corrected chi connectivity index (χ3v) is 4.28. The van der Waals surface area contributed by atoms with Crippen LogP contribution in [0.5, 0.6) is 0 Å². The van der Waals surface area contributed by atoms with Gasteiger partial charge in [0.2, 0.25) is 0 Å². The van der Waals surface area contributed by atoms with E-state index in [2.05, 4.69) is 15.3 Å². The zero-order chi connectivity index (χ0) is 14.0. The second-order valence-electron chi connectivity index (χ2n) is 4.40. The van der Waals surface area contributed by atoms with Crippen molar-refractivity contribution in [2.24, 2.45) is 12.8 Å². The molecular formula is C11H18N6OS. The minimum absolute atomic E-state index is 0.00852. The van der Waals surface area contributed by atoms with Crippen molar-refractivity contribution in [2.45, 2.75) is 36.8 Å². The van der Waals surface area contributed by atoms with Gasteiger partial charge in [0.25, 0.3) is 0 Å². The highest BCUT2D eigenvalue weighted by Crippen LogP contribution is 2.35. The molecule has 8 heteroatoms. The third kappa shape index (κ3) is 2.90. The maximum absolute atomic E-state index is 11.5. The summed E-state index contributed by atoms with van der Waals surface area (Å²) in [5.74, 6) is 0. The summed E-state index contributed by atoms with van der Waals surface area (Å²) in [5.41, 5.74) is 6.87. The van der Waals surface area contributed by atoms with E-state index in [0.717, 1.165) is 5.56 Å². The zero-order valence-electron chi connectivity index (χ0n) is 11.2. The highest BCUT2D eigenvalue weighted by molar-refractivity contribution is 7.99. The molecule has 0 aromatic carbocycles. The smallest absolute Gasteiger partial charge is 0.327 e. The minimum Gasteiger partial charge on any atom is -0.327 e. The molecule has 0 fully saturated rings. The van der Waals surface area contributed by atoms with E-state index in [1.165, 1.54) is 11.8 Å². The molecule has 0 amide bonds. The average molecular weight is 282 g/mol. The van der Waals surface area contributed by atoms with Gasteiger partial charge in [-0.3, -0.25) is 9.25 Å². The Labute approximate surface area is 115 Å². The molecule has 2 atom stereocenters. The number of thioether (sulfide) groups is 1. The Morgan fingerprint density at radius 3 is 2.84 bits per heavy atom. The van der Waals surface area contributed by atoms with Crippen LogP contribution in [-0.4, -0.2) is 30.6 Å². The molecule has 2 aromatic rings. The molecule has 2 aromatic heterocycles. The lowest BCUT2D eigenvalue weighted by Gasteiger charge is -2.18. The summed E-state index contributed by atoms with van der Waals surface area (Å²) < 4.78 is 3.33. The van der Waals surface area contributed by atoms with Gasteiger partial charge < -0.3 is 5.73 Å². The number of aromatic amines is 1. The molecule has 0 bridgehead atoms. The van der Waals surface area contributed by atoms with E-state index in [1.54, 1.807) is 15.4 Å². The average Bonchev–Trinajstić information content (AvgIpc) is 2.92. The van der Waals surface area contributed by atoms with Crippen molar-refractivity contribution < 1.29 is 0 Å². The van der Waals surface area contributed by atoms with Gasteiger partial charge in [0, 0.05) is 31.4 Å². The van der Waals surface area contributed by atoms with Crippen LogP contribution in [0.1, 0.15) is 24.7 Å². The van der Waals surface area contributed by atoms with Gasteiger partial charge in [0.15, 0.2) is 5.16 Å². The maximum Gasteiger partial charge on any atom is 0.343 e. The van der Waals surface area contributed by atoms with Crippen molar-refractivity contribution in [1.29, 1.82) is 0 Å². The van der Waals surface area contributed by atoms with E-state index in [1.807, 2.05) is 27.1 Å². The van der Waals surface area contributed by atoms with Gasteiger partial charge in [-0.25, -0.2) is 9.89 Å². The molecule has 2 rings (SSSR count). The van der Waals surface area contributed by atoms with Crippen LogP contribution in [0, 0.1) is 0 Å². The molecule has 0 radical (unpaired) electrons. The Hall–Kier alpha value is -1.54. The number of H-pyrrole nitrogens is 1. The first-order valence-corrected chi connectivity index (χ1v) is 6.97. The number of nitrogens with zero attached hydrogens (tertiary/aromatic N) is 4. The normalized spacial score (nSPS) is 14.5. The lowest BCUT2D eigenvalue weighted by atomic mass is 10.1. The predicted octanol–water partition coefficient (Wildman–Crippen LogP) is 0.505. The van der Waals surface area contributed by atoms with Crippen LogP contribution < -0.4 is 11.4 Å². The predicted molar refractivity (Wildman–Crippen MR) is 74.0 cm³/mol. The maximum atomic E-state index is 11.5. The van der Waals surface area contributed by atoms with Crippen molar-refractivity contribution in [1.82, 2.24) is 24.5 Å². The second-order valence-corrected chi connectivity index (χ2v) is 5.51. The number of rotatable bonds is 5. The van der Waals surface area contributed by atoms with Gasteiger partial charge in [-0.05, 0) is 13.8 Å². The highest BCUT2D eigenvalue weighted by Gasteiger charge is 2.22. The first-order chi connectivity index (χ1) is 9.02. The fourth-order valence-corrected chi connectivity index (χ4v) is 2.99. The van der Waals surface area contributed by atoms with Gasteiger partial charge in [0.05, 0.1) is 11.4 Å². The number of aromatic nitrogens is 5. The van der Waals surface area contributed by atoms with Crippen LogP contribution in [0.4, 0.5) is 0 Å². The molecular weight excluding hydrogens is 264 g/mol. The number of nitrogens with one attached hydrogen (secondary N) is 1. The SMILES string of the molecule is CCn1c(SC(c2cnn(C)c2)C(C)N)n[nH]c1=O. The third-order valence-electron chi connectivity index (χ3n) is 2.80. The first kappa shape index (κ1) is 13.9. The molecule has 0 spiro atoms. The molecule has 7 nitrogen and oxygen atoms in total. The number of hydrogen-bond acceptors (Lipinski definition) is 5. The van der Waals surface area contributed by atoms with Crippen LogP contribution in [0.15, 0.2) is 22.3 Å². The zero-order valence-corrected chi connectivity index (χ0v) is 12.0. The topological polar surface area (TPSA) is 94.5 Å². The van der Waals surface area contributed by atoms with Crippen LogP contribution in [0.3, 0.4) is 0 Å². The molecule has 0 saturated heterocycles. The number of nitrogens with two attached hydrogens (primary N) is 1. The monoisotopic (exact) mass is 282 g/mol. The second kappa shape index (κ2) is 5.62. The number of aryl methyl sites for hydroxylation is 1. The van der Waals surface area contributed by atoms with Gasteiger partial charge >= 0.3 is 5.69 Å². The van der Waals surface area contributed by atoms with Crippen molar-refractivity contribution in [2.75, 3.05) is 0 Å². The lowest BCUT2D eigenvalue weighted by Crippen LogP contribution is -2.23. The highest BCUT2D eigenvalue weighted by atomic mass is 32.2. The van der Waals surface area contributed by atoms with E-state index in [-0.39, 0.29) is 17.0 Å². The molecule has 0 saturated carbocycles. The molecule has 0 aliphatic carbocycles. The molecule has 19 heavy (non-hydrogen) atoms. The van der Waals surface area contributed by atoms with Crippen LogP contribution >= 0.6 is 11.8 Å². The first-order valence-electron chi connectivity index (χ1n) is 6.09. The summed E-state index contributed by atoms with van der Waals surface area (Å²) in [6.45, 7) is 4.42. The Bertz CT molecular complexity index is 598. The summed E-state index contributed by atoms with van der Waals surface area (Å²) in [6, 6.07) is -0.0775. The van der Waals surface area contributed by atoms with E-state index >= 15 is 0 Å². The van der Waals surface area contributed by atoms with Gasteiger partial charge in [-0.2, -0.15) is 5.10 Å². The number of hydrogen-bond donors (Lipinski definition) is 2. The van der Waals surface area contributed by atoms with E-state index in [0.29, 0.717) is 11.7 Å². The van der Waals surface area contributed by atoms with E-state index < -0.39 is 0 Å². The molecule has 2 heterocycles. The van der Waals surface area contributed by atoms with Crippen molar-refractivity contribution in [3.8, 4) is 0 Å². The largest absolute Gasteiger partial charge is 0.343 e. The summed E-state index contributed by atoms with van der Waals surface area (Å²) >= 11 is 1.48. The fraction of sp³-hybridized carbons (Fsp3) is 0.545. The van der Waals surface area contributed by atoms with Gasteiger partial charge in [-0.1, -0.05) is 11.8 Å². The van der Waals surface area contributed by atoms with Crippen LogP contribution in [-0.2, 0) is 13.6 Å². The molecule has 0 aliphatic heterocycles. The van der Waals surface area contributed by atoms with E-state index in [4.69, 9.17) is 5.73 Å². The van der Waals surface area contributed by atoms with Crippen molar-refractivity contribution in [3.05, 3.63) is 28.4 Å². The summed E-state index contributed by atoms with van der Waals surface area (Å²) in [6.07, 6.45) is 3.73. The Balaban J connectivity index is 2.29. The molecule has 0 aliphatic rings. The van der Waals surface area contributed by atoms with Crippen molar-refractivity contribution in [3.63, 3.8) is 0 Å². The Kier molecular flexibility index (Phi) is 4.11. The molecule has 2 unspecified atom stereocenters. The van der Waals surface area contributed by atoms with Crippen LogP contribution in [0.2, 0.25) is 0 Å². The molecule has 104 valence electrons. The fourth-order valence-electron chi connectivity index (χ4n) is 1.85. The quantitative estimate of drug-likeness (QED) is 0.779.